The molecule has 3 rings (SSSR count). The lowest BCUT2D eigenvalue weighted by molar-refractivity contribution is -0.142. The summed E-state index contributed by atoms with van der Waals surface area (Å²) in [4.78, 5) is 17.6. The minimum Gasteiger partial charge on any atom is -0.439 e. The van der Waals surface area contributed by atoms with Crippen LogP contribution >= 0.6 is 11.8 Å². The second-order valence-corrected chi connectivity index (χ2v) is 5.42. The summed E-state index contributed by atoms with van der Waals surface area (Å²) >= 11 is 1.68. The van der Waals surface area contributed by atoms with Gasteiger partial charge in [0.05, 0.1) is 24.5 Å². The van der Waals surface area contributed by atoms with E-state index in [4.69, 9.17) is 4.42 Å². The van der Waals surface area contributed by atoms with Crippen molar-refractivity contribution in [2.45, 2.75) is 18.3 Å². The number of nitrogens with zero attached hydrogens (tertiary/aromatic N) is 2. The normalized spacial score (nSPS) is 18.5. The van der Waals surface area contributed by atoms with E-state index in [1.807, 2.05) is 36.6 Å². The number of hydrogen-bond donors (Lipinski definition) is 0. The van der Waals surface area contributed by atoms with Crippen molar-refractivity contribution in [2.75, 3.05) is 6.26 Å². The Labute approximate surface area is 115 Å². The molecule has 98 valence electrons. The van der Waals surface area contributed by atoms with Crippen molar-refractivity contribution < 1.29 is 9.21 Å². The van der Waals surface area contributed by atoms with Crippen molar-refractivity contribution >= 4 is 17.7 Å². The molecule has 2 aromatic rings. The number of β-lactam (4-membered cyclic amide) rings is 1. The van der Waals surface area contributed by atoms with Gasteiger partial charge in [0, 0.05) is 5.56 Å². The molecule has 0 bridgehead atoms. The molecule has 19 heavy (non-hydrogen) atoms. The molecular weight excluding hydrogens is 260 g/mol. The maximum Gasteiger partial charge on any atom is 0.226 e. The highest BCUT2D eigenvalue weighted by Gasteiger charge is 2.36. The third-order valence-electron chi connectivity index (χ3n) is 3.21. The Balaban J connectivity index is 1.74. The van der Waals surface area contributed by atoms with Crippen LogP contribution in [0.5, 0.6) is 0 Å². The Morgan fingerprint density at radius 2 is 2.21 bits per heavy atom. The molecule has 1 amide bonds. The number of aromatic nitrogens is 1. The first kappa shape index (κ1) is 12.3. The number of hydrogen-bond acceptors (Lipinski definition) is 4. The molecule has 4 nitrogen and oxygen atoms in total. The highest BCUT2D eigenvalue weighted by Crippen LogP contribution is 2.30. The molecule has 1 aliphatic rings. The molecule has 0 radical (unpaired) electrons. The van der Waals surface area contributed by atoms with E-state index in [1.165, 1.54) is 0 Å². The molecule has 1 aromatic heterocycles. The first-order chi connectivity index (χ1) is 9.28. The first-order valence-corrected chi connectivity index (χ1v) is 7.39. The van der Waals surface area contributed by atoms with Crippen LogP contribution in [0, 0.1) is 0 Å². The third-order valence-corrected chi connectivity index (χ3v) is 4.17. The summed E-state index contributed by atoms with van der Waals surface area (Å²) in [6.07, 6.45) is 4.34. The van der Waals surface area contributed by atoms with Gasteiger partial charge in [0.1, 0.15) is 0 Å². The van der Waals surface area contributed by atoms with Gasteiger partial charge < -0.3 is 9.32 Å². The van der Waals surface area contributed by atoms with E-state index >= 15 is 0 Å². The zero-order valence-electron chi connectivity index (χ0n) is 10.6. The fraction of sp³-hybridized carbons (Fsp3) is 0.286. The summed E-state index contributed by atoms with van der Waals surface area (Å²) in [6, 6.07) is 9.83. The molecule has 0 aliphatic carbocycles. The predicted molar refractivity (Wildman–Crippen MR) is 74.4 cm³/mol. The second-order valence-electron chi connectivity index (χ2n) is 4.40. The van der Waals surface area contributed by atoms with Crippen LogP contribution in [-0.2, 0) is 11.3 Å². The van der Waals surface area contributed by atoms with E-state index < -0.39 is 0 Å². The van der Waals surface area contributed by atoms with Crippen molar-refractivity contribution in [2.24, 2.45) is 0 Å². The summed E-state index contributed by atoms with van der Waals surface area (Å²) in [5.41, 5.74) is 0.998. The monoisotopic (exact) mass is 274 g/mol. The Morgan fingerprint density at radius 3 is 2.89 bits per heavy atom. The maximum atomic E-state index is 11.5. The van der Waals surface area contributed by atoms with Gasteiger partial charge in [-0.1, -0.05) is 30.3 Å². The fourth-order valence-corrected chi connectivity index (χ4v) is 2.85. The van der Waals surface area contributed by atoms with Crippen LogP contribution in [0.25, 0.3) is 11.3 Å². The van der Waals surface area contributed by atoms with E-state index in [0.29, 0.717) is 18.9 Å². The summed E-state index contributed by atoms with van der Waals surface area (Å²) in [7, 11) is 0. The van der Waals surface area contributed by atoms with Crippen LogP contribution < -0.4 is 0 Å². The van der Waals surface area contributed by atoms with E-state index in [1.54, 1.807) is 22.9 Å². The molecule has 1 aromatic carbocycles. The van der Waals surface area contributed by atoms with Crippen molar-refractivity contribution in [1.82, 2.24) is 9.88 Å². The van der Waals surface area contributed by atoms with Crippen LogP contribution in [0.1, 0.15) is 12.3 Å². The summed E-state index contributed by atoms with van der Waals surface area (Å²) in [5.74, 6) is 1.49. The van der Waals surface area contributed by atoms with Gasteiger partial charge in [-0.05, 0) is 6.26 Å². The molecule has 0 spiro atoms. The largest absolute Gasteiger partial charge is 0.439 e. The van der Waals surface area contributed by atoms with Crippen LogP contribution in [0.4, 0.5) is 0 Å². The molecule has 1 fully saturated rings. The average Bonchev–Trinajstić information content (AvgIpc) is 2.92. The molecule has 0 saturated carbocycles. The lowest BCUT2D eigenvalue weighted by Crippen LogP contribution is -2.49. The molecule has 5 heteroatoms. The van der Waals surface area contributed by atoms with Crippen molar-refractivity contribution in [3.05, 3.63) is 42.4 Å². The zero-order valence-corrected chi connectivity index (χ0v) is 11.4. The van der Waals surface area contributed by atoms with Gasteiger partial charge in [0.25, 0.3) is 0 Å². The predicted octanol–water partition coefficient (Wildman–Crippen LogP) is 2.76. The summed E-state index contributed by atoms with van der Waals surface area (Å²) in [6.45, 7) is 0.456. The standard InChI is InChI=1S/C14H14N2O2S/c1-19-14-7-13(17)16(14)9-12-15-8-11(18-12)10-5-3-2-4-6-10/h2-6,8,14H,7,9H2,1H3. The molecule has 1 aliphatic heterocycles. The van der Waals surface area contributed by atoms with Crippen LogP contribution in [0.3, 0.4) is 0 Å². The minimum absolute atomic E-state index is 0.166. The van der Waals surface area contributed by atoms with E-state index in [9.17, 15) is 4.79 Å². The average molecular weight is 274 g/mol. The van der Waals surface area contributed by atoms with Gasteiger partial charge in [-0.25, -0.2) is 4.98 Å². The van der Waals surface area contributed by atoms with Crippen LogP contribution in [-0.4, -0.2) is 27.4 Å². The van der Waals surface area contributed by atoms with Gasteiger partial charge in [-0.2, -0.15) is 0 Å². The number of thioether (sulfide) groups is 1. The Hall–Kier alpha value is -1.75. The molecular formula is C14H14N2O2S. The molecule has 1 atom stereocenters. The number of carbonyl (C=O) groups is 1. The second kappa shape index (κ2) is 5.09. The van der Waals surface area contributed by atoms with E-state index in [-0.39, 0.29) is 11.3 Å². The number of carbonyl (C=O) groups excluding carboxylic acids is 1. The van der Waals surface area contributed by atoms with E-state index in [2.05, 4.69) is 4.98 Å². The number of oxazole rings is 1. The highest BCUT2D eigenvalue weighted by molar-refractivity contribution is 7.99. The number of amides is 1. The highest BCUT2D eigenvalue weighted by atomic mass is 32.2. The van der Waals surface area contributed by atoms with Crippen LogP contribution in [0.15, 0.2) is 40.9 Å². The van der Waals surface area contributed by atoms with E-state index in [0.717, 1.165) is 11.3 Å². The van der Waals surface area contributed by atoms with Crippen molar-refractivity contribution in [1.29, 1.82) is 0 Å². The molecule has 1 unspecified atom stereocenters. The Bertz CT molecular complexity index is 582. The number of rotatable bonds is 4. The van der Waals surface area contributed by atoms with Crippen molar-refractivity contribution in [3.8, 4) is 11.3 Å². The zero-order chi connectivity index (χ0) is 13.2. The smallest absolute Gasteiger partial charge is 0.226 e. The number of benzene rings is 1. The lowest BCUT2D eigenvalue weighted by atomic mass is 10.2. The quantitative estimate of drug-likeness (QED) is 0.804. The SMILES string of the molecule is CSC1CC(=O)N1Cc1ncc(-c2ccccc2)o1. The topological polar surface area (TPSA) is 46.3 Å². The van der Waals surface area contributed by atoms with Gasteiger partial charge in [0.15, 0.2) is 5.76 Å². The van der Waals surface area contributed by atoms with Gasteiger partial charge in [0.2, 0.25) is 11.8 Å². The van der Waals surface area contributed by atoms with Gasteiger partial charge in [-0.15, -0.1) is 11.8 Å². The van der Waals surface area contributed by atoms with Gasteiger partial charge in [-0.3, -0.25) is 4.79 Å². The van der Waals surface area contributed by atoms with Gasteiger partial charge >= 0.3 is 0 Å². The summed E-state index contributed by atoms with van der Waals surface area (Å²) in [5, 5.41) is 0.263. The molecule has 2 heterocycles. The third kappa shape index (κ3) is 2.38. The lowest BCUT2D eigenvalue weighted by Gasteiger charge is -2.38. The Kier molecular flexibility index (Phi) is 3.29. The Morgan fingerprint density at radius 1 is 1.42 bits per heavy atom. The maximum absolute atomic E-state index is 11.5. The van der Waals surface area contributed by atoms with Crippen molar-refractivity contribution in [3.63, 3.8) is 0 Å². The minimum atomic E-state index is 0.166. The molecule has 0 N–H and O–H groups in total. The molecule has 1 saturated heterocycles. The van der Waals surface area contributed by atoms with Crippen LogP contribution in [0.2, 0.25) is 0 Å². The summed E-state index contributed by atoms with van der Waals surface area (Å²) < 4.78 is 5.70. The fourth-order valence-electron chi connectivity index (χ4n) is 2.09. The first-order valence-electron chi connectivity index (χ1n) is 6.10. The number of likely N-dealkylation sites (tertiary alicyclic amines) is 1.